The fraction of sp³-hybridized carbons (Fsp3) is 0. The van der Waals surface area contributed by atoms with Gasteiger partial charge < -0.3 is 0 Å². The van der Waals surface area contributed by atoms with E-state index in [4.69, 9.17) is 10.1 Å². The van der Waals surface area contributed by atoms with Crippen molar-refractivity contribution < 1.29 is 5.34 Å². The van der Waals surface area contributed by atoms with E-state index in [0.29, 0.717) is 0 Å². The van der Waals surface area contributed by atoms with Gasteiger partial charge in [-0.3, -0.25) is 10.1 Å². The molecule has 0 rings (SSSR count). The topological polar surface area (TPSA) is 54.1 Å². The Kier molecular flexibility index (Phi) is 68.6. The third-order valence-corrected chi connectivity index (χ3v) is 0. The summed E-state index contributed by atoms with van der Waals surface area (Å²) in [5.74, 6) is 0. The summed E-state index contributed by atoms with van der Waals surface area (Å²) in [5.41, 5.74) is 0. The van der Waals surface area contributed by atoms with Crippen LogP contribution in [0, 0.1) is 10.1 Å². The Bertz CT molecular complexity index is 17.1. The van der Waals surface area contributed by atoms with Gasteiger partial charge in [-0.25, -0.2) is 0 Å². The maximum absolute atomic E-state index is 8.12. The van der Waals surface area contributed by atoms with Gasteiger partial charge in [0.15, 0.2) is 17.4 Å². The fourth-order valence-corrected chi connectivity index (χ4v) is 0. The Morgan fingerprint density at radius 1 is 1.60 bits per heavy atom. The molecule has 5 heavy (non-hydrogen) atoms. The molecule has 0 atom stereocenters. The quantitative estimate of drug-likeness (QED) is 0.195. The number of nitrogens with one attached hydrogen (secondary N) is 1. The van der Waals surface area contributed by atoms with Crippen LogP contribution in [0.5, 0.6) is 0 Å². The number of rotatable bonds is 0. The van der Waals surface area contributed by atoms with E-state index in [1.807, 2.05) is 0 Å². The average Bonchev–Trinajstić information content (AvgIpc) is 0.918. The molecule has 3 nitrogen and oxygen atoms in total. The van der Waals surface area contributed by atoms with Gasteiger partial charge >= 0.3 is 29.6 Å². The van der Waals surface area contributed by atoms with Crippen LogP contribution in [0.15, 0.2) is 0 Å². The molecule has 0 aliphatic carbocycles. The van der Waals surface area contributed by atoms with E-state index in [2.05, 4.69) is 0 Å². The average molecular weight is 101 g/mol. The van der Waals surface area contributed by atoms with Gasteiger partial charge in [0.2, 0.25) is 0 Å². The third-order valence-electron chi connectivity index (χ3n) is 0. The normalized spacial score (nSPS) is 2.40. The minimum absolute atomic E-state index is 0. The summed E-state index contributed by atoms with van der Waals surface area (Å²) in [6.45, 7) is 0. The van der Waals surface area contributed by atoms with Crippen LogP contribution < -0.4 is 5.34 Å². The summed E-state index contributed by atoms with van der Waals surface area (Å²) >= 11 is 0. The molecule has 0 aliphatic rings. The molecule has 0 aliphatic heterocycles. The second-order valence-corrected chi connectivity index (χ2v) is 0.0833. The fourth-order valence-electron chi connectivity index (χ4n) is 0. The van der Waals surface area contributed by atoms with Crippen molar-refractivity contribution in [2.45, 2.75) is 0 Å². The molecular formula is H5AlNNaO2. The van der Waals surface area contributed by atoms with E-state index >= 15 is 0 Å². The summed E-state index contributed by atoms with van der Waals surface area (Å²) in [6, 6.07) is 0. The van der Waals surface area contributed by atoms with Crippen molar-refractivity contribution in [3.05, 3.63) is 10.1 Å². The van der Waals surface area contributed by atoms with Crippen molar-refractivity contribution in [2.75, 3.05) is 0 Å². The van der Waals surface area contributed by atoms with E-state index in [9.17, 15) is 0 Å². The molecule has 0 bridgehead atoms. The molecule has 0 saturated heterocycles. The molecule has 0 saturated carbocycles. The molecule has 0 unspecified atom stereocenters. The number of hydrogen-bond donors (Lipinski definition) is 1. The first-order valence-corrected chi connectivity index (χ1v) is 0.408. The Morgan fingerprint density at radius 2 is 1.60 bits per heavy atom. The van der Waals surface area contributed by atoms with Crippen LogP contribution in [-0.4, -0.2) is 46.9 Å². The van der Waals surface area contributed by atoms with Gasteiger partial charge in [0.05, 0.1) is 0 Å². The molecule has 0 amide bonds. The first-order valence-electron chi connectivity index (χ1n) is 0.408. The van der Waals surface area contributed by atoms with Gasteiger partial charge in [-0.2, -0.15) is 0 Å². The Balaban J connectivity index is -0.0000000200. The van der Waals surface area contributed by atoms with Gasteiger partial charge in [0, 0.05) is 5.34 Å². The third kappa shape index (κ3) is 48.8. The van der Waals surface area contributed by atoms with Crippen molar-refractivity contribution in [2.24, 2.45) is 0 Å². The van der Waals surface area contributed by atoms with Crippen molar-refractivity contribution in [1.29, 1.82) is 0 Å². The molecule has 1 N–H and O–H groups in total. The Hall–Kier alpha value is 0.932. The number of hydrogen-bond acceptors (Lipinski definition) is 2. The second kappa shape index (κ2) is 20.4. The molecule has 0 aromatic heterocycles. The molecule has 0 fully saturated rings. The molecule has 26 valence electrons. The predicted octanol–water partition coefficient (Wildman–Crippen LogP) is -3.50. The van der Waals surface area contributed by atoms with Crippen LogP contribution >= 0.6 is 0 Å². The van der Waals surface area contributed by atoms with E-state index in [0.717, 1.165) is 0 Å². The van der Waals surface area contributed by atoms with Crippen molar-refractivity contribution in [3.63, 3.8) is 0 Å². The standard InChI is InChI=1S/Al.HNO2.Na.4H/c;2-1-3;;;;;/h;1H;;;;;. The van der Waals surface area contributed by atoms with Gasteiger partial charge in [-0.05, 0) is 0 Å². The molecule has 0 spiro atoms. The van der Waals surface area contributed by atoms with Crippen molar-refractivity contribution in [3.8, 4) is 0 Å². The van der Waals surface area contributed by atoms with Crippen LogP contribution in [0.1, 0.15) is 0 Å². The predicted molar refractivity (Wildman–Crippen MR) is 24.8 cm³/mol. The van der Waals surface area contributed by atoms with Crippen molar-refractivity contribution >= 4 is 46.9 Å². The van der Waals surface area contributed by atoms with E-state index in [-0.39, 0.29) is 52.3 Å². The van der Waals surface area contributed by atoms with Crippen LogP contribution in [0.25, 0.3) is 0 Å². The first kappa shape index (κ1) is 16.8. The zero-order chi connectivity index (χ0) is 2.71. The molecular weight excluding hydrogens is 96.0 g/mol. The van der Waals surface area contributed by atoms with Crippen LogP contribution in [-0.2, 0) is 0 Å². The zero-order valence-electron chi connectivity index (χ0n) is 1.32. The van der Waals surface area contributed by atoms with Crippen LogP contribution in [0.2, 0.25) is 0 Å². The van der Waals surface area contributed by atoms with E-state index < -0.39 is 0 Å². The summed E-state index contributed by atoms with van der Waals surface area (Å²) in [6.07, 6.45) is 0. The second-order valence-electron chi connectivity index (χ2n) is 0.0833. The maximum atomic E-state index is 8.12. The first-order chi connectivity index (χ1) is 1.41. The van der Waals surface area contributed by atoms with Crippen molar-refractivity contribution in [1.82, 2.24) is 0 Å². The van der Waals surface area contributed by atoms with Gasteiger partial charge in [-0.1, -0.05) is 0 Å². The van der Waals surface area contributed by atoms with E-state index in [1.165, 1.54) is 0 Å². The van der Waals surface area contributed by atoms with Crippen LogP contribution in [0.3, 0.4) is 0 Å². The molecule has 5 heteroatoms. The summed E-state index contributed by atoms with van der Waals surface area (Å²) in [4.78, 5) is 8.12. The molecule has 0 heterocycles. The zero-order valence-corrected chi connectivity index (χ0v) is 1.32. The Morgan fingerprint density at radius 3 is 1.60 bits per heavy atom. The molecule has 0 aromatic rings. The molecule has 0 radical (unpaired) electrons. The van der Waals surface area contributed by atoms with Gasteiger partial charge in [0.25, 0.3) is 0 Å². The minimum atomic E-state index is 0. The summed E-state index contributed by atoms with van der Waals surface area (Å²) < 4.78 is 0. The van der Waals surface area contributed by atoms with Gasteiger partial charge in [-0.15, -0.1) is 0 Å². The summed E-state index contributed by atoms with van der Waals surface area (Å²) in [7, 11) is 0. The SMILES string of the molecule is O=[NH+][O-].[AlH3].[NaH]. The monoisotopic (exact) mass is 101 g/mol. The summed E-state index contributed by atoms with van der Waals surface area (Å²) in [5, 5.41) is 8.38. The van der Waals surface area contributed by atoms with E-state index in [1.54, 1.807) is 0 Å². The molecule has 0 aromatic carbocycles. The van der Waals surface area contributed by atoms with Gasteiger partial charge in [0.1, 0.15) is 0 Å². The Labute approximate surface area is 62.1 Å². The van der Waals surface area contributed by atoms with Crippen LogP contribution in [0.4, 0.5) is 0 Å².